The number of aromatic nitrogens is 3. The van der Waals surface area contributed by atoms with E-state index in [1.807, 2.05) is 6.07 Å². The number of benzene rings is 1. The molecule has 1 unspecified atom stereocenters. The molecule has 4 rings (SSSR count). The average molecular weight is 433 g/mol. The summed E-state index contributed by atoms with van der Waals surface area (Å²) in [6.07, 6.45) is 3.23. The second-order valence-electron chi connectivity index (χ2n) is 6.95. The molecule has 1 fully saturated rings. The Morgan fingerprint density at radius 3 is 3.03 bits per heavy atom. The fraction of sp³-hybridized carbons (Fsp3) is 0.368. The first-order valence-electron chi connectivity index (χ1n) is 9.63. The molecule has 0 saturated carbocycles. The number of nitrogens with zero attached hydrogens (tertiary/aromatic N) is 3. The monoisotopic (exact) mass is 432 g/mol. The summed E-state index contributed by atoms with van der Waals surface area (Å²) in [6.45, 7) is 1.95. The Kier molecular flexibility index (Phi) is 5.97. The largest absolute Gasteiger partial charge is 0.395 e. The van der Waals surface area contributed by atoms with Gasteiger partial charge in [-0.3, -0.25) is 0 Å². The molecule has 0 bridgehead atoms. The number of aliphatic hydroxyl groups is 1. The van der Waals surface area contributed by atoms with E-state index in [-0.39, 0.29) is 24.2 Å². The van der Waals surface area contributed by atoms with Gasteiger partial charge in [0.15, 0.2) is 0 Å². The summed E-state index contributed by atoms with van der Waals surface area (Å²) < 4.78 is 33.0. The third-order valence-corrected chi connectivity index (χ3v) is 6.47. The molecule has 0 spiro atoms. The zero-order valence-corrected chi connectivity index (χ0v) is 17.1. The van der Waals surface area contributed by atoms with E-state index in [0.29, 0.717) is 37.5 Å². The Hall–Kier alpha value is -2.57. The van der Waals surface area contributed by atoms with E-state index in [2.05, 4.69) is 24.6 Å². The van der Waals surface area contributed by atoms with Crippen LogP contribution in [0.3, 0.4) is 0 Å². The number of H-pyrrole nitrogens is 1. The van der Waals surface area contributed by atoms with E-state index < -0.39 is 10.0 Å². The van der Waals surface area contributed by atoms with Gasteiger partial charge in [0, 0.05) is 37.9 Å². The van der Waals surface area contributed by atoms with Crippen LogP contribution >= 0.6 is 0 Å². The Morgan fingerprint density at radius 2 is 2.23 bits per heavy atom. The number of ether oxygens (including phenoxy) is 1. The maximum atomic E-state index is 12.5. The highest BCUT2D eigenvalue weighted by molar-refractivity contribution is 7.89. The van der Waals surface area contributed by atoms with Crippen molar-refractivity contribution in [1.29, 1.82) is 0 Å². The van der Waals surface area contributed by atoms with Crippen molar-refractivity contribution in [3.05, 3.63) is 36.8 Å². The summed E-state index contributed by atoms with van der Waals surface area (Å²) in [6, 6.07) is 6.64. The van der Waals surface area contributed by atoms with E-state index in [0.717, 1.165) is 16.8 Å². The van der Waals surface area contributed by atoms with Crippen molar-refractivity contribution in [2.45, 2.75) is 11.0 Å². The molecule has 1 aromatic carbocycles. The van der Waals surface area contributed by atoms with Crippen LogP contribution < -0.4 is 15.4 Å². The summed E-state index contributed by atoms with van der Waals surface area (Å²) in [5.74, 6) is 0.754. The number of fused-ring (bicyclic) bond motifs is 1. The van der Waals surface area contributed by atoms with E-state index in [1.54, 1.807) is 18.3 Å². The molecule has 11 heteroatoms. The molecule has 30 heavy (non-hydrogen) atoms. The van der Waals surface area contributed by atoms with Crippen LogP contribution in [0.1, 0.15) is 0 Å². The van der Waals surface area contributed by atoms with Crippen molar-refractivity contribution in [2.75, 3.05) is 44.3 Å². The molecule has 1 saturated heterocycles. The van der Waals surface area contributed by atoms with Crippen LogP contribution in [0.15, 0.2) is 41.7 Å². The van der Waals surface area contributed by atoms with E-state index in [1.165, 1.54) is 12.4 Å². The second-order valence-corrected chi connectivity index (χ2v) is 8.71. The van der Waals surface area contributed by atoms with Crippen molar-refractivity contribution in [3.63, 3.8) is 0 Å². The highest BCUT2D eigenvalue weighted by atomic mass is 32.2. The van der Waals surface area contributed by atoms with Crippen LogP contribution in [-0.4, -0.2) is 74.0 Å². The number of nitrogens with one attached hydrogen (secondary N) is 2. The topological polar surface area (TPSA) is 146 Å². The van der Waals surface area contributed by atoms with Gasteiger partial charge in [-0.2, -0.15) is 0 Å². The Morgan fingerprint density at radius 1 is 1.37 bits per heavy atom. The fourth-order valence-electron chi connectivity index (χ4n) is 3.56. The predicted molar refractivity (Wildman–Crippen MR) is 113 cm³/mol. The number of anilines is 1. The van der Waals surface area contributed by atoms with Crippen molar-refractivity contribution < 1.29 is 18.3 Å². The fourth-order valence-corrected chi connectivity index (χ4v) is 4.63. The summed E-state index contributed by atoms with van der Waals surface area (Å²) >= 11 is 0. The van der Waals surface area contributed by atoms with Gasteiger partial charge in [0.05, 0.1) is 29.6 Å². The molecule has 10 nitrogen and oxygen atoms in total. The molecular formula is C19H24N6O4S. The predicted octanol–water partition coefficient (Wildman–Crippen LogP) is 0.0594. The first kappa shape index (κ1) is 20.7. The first-order valence-corrected chi connectivity index (χ1v) is 11.1. The zero-order chi connectivity index (χ0) is 21.1. The molecule has 5 N–H and O–H groups in total. The molecule has 160 valence electrons. The number of nitrogens with two attached hydrogens (primary N) is 1. The van der Waals surface area contributed by atoms with E-state index in [4.69, 9.17) is 15.6 Å². The smallest absolute Gasteiger partial charge is 0.240 e. The highest BCUT2D eigenvalue weighted by Crippen LogP contribution is 2.35. The lowest BCUT2D eigenvalue weighted by Crippen LogP contribution is -2.46. The normalized spacial score (nSPS) is 17.5. The van der Waals surface area contributed by atoms with Crippen LogP contribution in [0.25, 0.3) is 22.2 Å². The molecule has 0 aliphatic carbocycles. The molecule has 2 aromatic heterocycles. The van der Waals surface area contributed by atoms with Crippen LogP contribution in [0.5, 0.6) is 0 Å². The van der Waals surface area contributed by atoms with Crippen LogP contribution in [0, 0.1) is 0 Å². The molecule has 1 atom stereocenters. The SMILES string of the molecule is NCC1CN(c2ncnc3[nH]cc(-c4cccc(S(=O)(=O)NCCO)c4)c23)CCO1. The van der Waals surface area contributed by atoms with E-state index in [9.17, 15) is 8.42 Å². The van der Waals surface area contributed by atoms with Crippen molar-refractivity contribution in [1.82, 2.24) is 19.7 Å². The summed E-state index contributed by atoms with van der Waals surface area (Å²) in [4.78, 5) is 14.2. The number of aromatic amines is 1. The lowest BCUT2D eigenvalue weighted by Gasteiger charge is -2.33. The lowest BCUT2D eigenvalue weighted by molar-refractivity contribution is 0.0464. The molecule has 0 amide bonds. The number of morpholine rings is 1. The molecule has 3 aromatic rings. The second kappa shape index (κ2) is 8.66. The minimum absolute atomic E-state index is 0.0447. The number of aliphatic hydroxyl groups excluding tert-OH is 1. The first-order chi connectivity index (χ1) is 14.5. The van der Waals surface area contributed by atoms with Crippen molar-refractivity contribution in [2.24, 2.45) is 5.73 Å². The number of hydrogen-bond donors (Lipinski definition) is 4. The standard InChI is InChI=1S/C19H24N6O4S/c20-9-14-11-25(5-7-29-14)19-17-16(10-21-18(17)22-12-23-19)13-2-1-3-15(8-13)30(27,28)24-4-6-26/h1-3,8,10,12,14,24,26H,4-7,9,11,20H2,(H,21,22,23). The van der Waals surface area contributed by atoms with Gasteiger partial charge < -0.3 is 25.5 Å². The van der Waals surface area contributed by atoms with Crippen LogP contribution in [0.2, 0.25) is 0 Å². The zero-order valence-electron chi connectivity index (χ0n) is 16.3. The highest BCUT2D eigenvalue weighted by Gasteiger charge is 2.24. The van der Waals surface area contributed by atoms with Gasteiger partial charge in [0.25, 0.3) is 0 Å². The quantitative estimate of drug-likeness (QED) is 0.410. The van der Waals surface area contributed by atoms with Gasteiger partial charge in [-0.1, -0.05) is 12.1 Å². The Bertz CT molecular complexity index is 1130. The molecule has 0 radical (unpaired) electrons. The summed E-state index contributed by atoms with van der Waals surface area (Å²) in [5, 5.41) is 9.74. The summed E-state index contributed by atoms with van der Waals surface area (Å²) in [7, 11) is -3.72. The number of sulfonamides is 1. The average Bonchev–Trinajstić information content (AvgIpc) is 3.22. The Balaban J connectivity index is 1.77. The maximum absolute atomic E-state index is 12.5. The minimum Gasteiger partial charge on any atom is -0.395 e. The minimum atomic E-state index is -3.72. The van der Waals surface area contributed by atoms with Gasteiger partial charge in [0.1, 0.15) is 17.8 Å². The number of rotatable bonds is 7. The molecular weight excluding hydrogens is 408 g/mol. The number of hydrogen-bond acceptors (Lipinski definition) is 8. The van der Waals surface area contributed by atoms with E-state index >= 15 is 0 Å². The van der Waals surface area contributed by atoms with Gasteiger partial charge >= 0.3 is 0 Å². The Labute approximate surface area is 174 Å². The molecule has 3 heterocycles. The van der Waals surface area contributed by atoms with Crippen molar-refractivity contribution >= 4 is 26.9 Å². The summed E-state index contributed by atoms with van der Waals surface area (Å²) in [5.41, 5.74) is 7.96. The van der Waals surface area contributed by atoms with Crippen LogP contribution in [0.4, 0.5) is 5.82 Å². The molecule has 1 aliphatic rings. The maximum Gasteiger partial charge on any atom is 0.240 e. The third-order valence-electron chi connectivity index (χ3n) is 5.01. The third kappa shape index (κ3) is 4.02. The van der Waals surface area contributed by atoms with Gasteiger partial charge in [-0.15, -0.1) is 0 Å². The van der Waals surface area contributed by atoms with Crippen LogP contribution in [-0.2, 0) is 14.8 Å². The van der Waals surface area contributed by atoms with Crippen molar-refractivity contribution in [3.8, 4) is 11.1 Å². The van der Waals surface area contributed by atoms with Gasteiger partial charge in [-0.05, 0) is 17.7 Å². The van der Waals surface area contributed by atoms with Gasteiger partial charge in [0.2, 0.25) is 10.0 Å². The van der Waals surface area contributed by atoms with Gasteiger partial charge in [-0.25, -0.2) is 23.1 Å². The molecule has 1 aliphatic heterocycles. The lowest BCUT2D eigenvalue weighted by atomic mass is 10.1.